The van der Waals surface area contributed by atoms with Gasteiger partial charge in [-0.2, -0.15) is 0 Å². The third-order valence-corrected chi connectivity index (χ3v) is 3.38. The van der Waals surface area contributed by atoms with Crippen molar-refractivity contribution in [3.8, 4) is 0 Å². The molecule has 0 aromatic heterocycles. The minimum atomic E-state index is -0.131. The normalized spacial score (nSPS) is 10.7. The Morgan fingerprint density at radius 2 is 1.85 bits per heavy atom. The highest BCUT2D eigenvalue weighted by molar-refractivity contribution is 6.31. The molecule has 0 saturated heterocycles. The van der Waals surface area contributed by atoms with E-state index in [-0.39, 0.29) is 5.91 Å². The van der Waals surface area contributed by atoms with Gasteiger partial charge in [-0.05, 0) is 35.8 Å². The van der Waals surface area contributed by atoms with Gasteiger partial charge in [0.1, 0.15) is 0 Å². The fourth-order valence-corrected chi connectivity index (χ4v) is 2.02. The second-order valence-corrected chi connectivity index (χ2v) is 4.91. The van der Waals surface area contributed by atoms with Gasteiger partial charge >= 0.3 is 0 Å². The molecule has 0 heterocycles. The van der Waals surface area contributed by atoms with E-state index >= 15 is 0 Å². The zero-order valence-corrected chi connectivity index (χ0v) is 12.0. The molecule has 102 valence electrons. The number of hydrogen-bond acceptors (Lipinski definition) is 1. The highest BCUT2D eigenvalue weighted by Gasteiger charge is 2.00. The summed E-state index contributed by atoms with van der Waals surface area (Å²) in [6.07, 6.45) is 3.36. The zero-order valence-electron chi connectivity index (χ0n) is 11.3. The summed E-state index contributed by atoms with van der Waals surface area (Å²) < 4.78 is 0. The number of carbonyl (C=O) groups is 1. The number of rotatable bonds is 4. The highest BCUT2D eigenvalue weighted by atomic mass is 35.5. The molecule has 0 unspecified atom stereocenters. The van der Waals surface area contributed by atoms with E-state index in [2.05, 4.69) is 5.32 Å². The van der Waals surface area contributed by atoms with Crippen molar-refractivity contribution >= 4 is 23.6 Å². The fraction of sp³-hybridized carbons (Fsp3) is 0.118. The summed E-state index contributed by atoms with van der Waals surface area (Å²) >= 11 is 6.03. The molecule has 1 amide bonds. The Balaban J connectivity index is 1.93. The van der Waals surface area contributed by atoms with Gasteiger partial charge < -0.3 is 5.32 Å². The van der Waals surface area contributed by atoms with Crippen molar-refractivity contribution in [1.82, 2.24) is 5.32 Å². The van der Waals surface area contributed by atoms with E-state index < -0.39 is 0 Å². The lowest BCUT2D eigenvalue weighted by Crippen LogP contribution is -2.20. The lowest BCUT2D eigenvalue weighted by atomic mass is 10.1. The first-order chi connectivity index (χ1) is 9.66. The van der Waals surface area contributed by atoms with Crippen LogP contribution in [0.3, 0.4) is 0 Å². The fourth-order valence-electron chi connectivity index (χ4n) is 1.82. The molecule has 0 aliphatic carbocycles. The first-order valence-electron chi connectivity index (χ1n) is 6.42. The van der Waals surface area contributed by atoms with E-state index in [1.165, 1.54) is 0 Å². The van der Waals surface area contributed by atoms with Gasteiger partial charge in [0.15, 0.2) is 0 Å². The quantitative estimate of drug-likeness (QED) is 0.846. The molecule has 0 fully saturated rings. The molecular formula is C17H16ClNO. The molecule has 0 spiro atoms. The Bertz CT molecular complexity index is 634. The van der Waals surface area contributed by atoms with Crippen molar-refractivity contribution in [2.24, 2.45) is 0 Å². The number of benzene rings is 2. The van der Waals surface area contributed by atoms with Gasteiger partial charge in [0.2, 0.25) is 5.91 Å². The van der Waals surface area contributed by atoms with Crippen LogP contribution in [0.15, 0.2) is 54.6 Å². The van der Waals surface area contributed by atoms with Crippen LogP contribution in [0.4, 0.5) is 0 Å². The van der Waals surface area contributed by atoms with Crippen molar-refractivity contribution in [2.45, 2.75) is 13.5 Å². The monoisotopic (exact) mass is 285 g/mol. The van der Waals surface area contributed by atoms with E-state index in [1.54, 1.807) is 6.08 Å². The Kier molecular flexibility index (Phi) is 4.97. The average molecular weight is 286 g/mol. The van der Waals surface area contributed by atoms with Crippen LogP contribution in [0.25, 0.3) is 6.08 Å². The molecular weight excluding hydrogens is 270 g/mol. The van der Waals surface area contributed by atoms with E-state index in [0.717, 1.165) is 16.7 Å². The van der Waals surface area contributed by atoms with Crippen LogP contribution in [-0.2, 0) is 11.3 Å². The third-order valence-electron chi connectivity index (χ3n) is 3.01. The number of aryl methyl sites for hydroxylation is 1. The summed E-state index contributed by atoms with van der Waals surface area (Å²) in [7, 11) is 0. The molecule has 0 bridgehead atoms. The topological polar surface area (TPSA) is 29.1 Å². The second kappa shape index (κ2) is 6.92. The molecule has 0 aliphatic rings. The van der Waals surface area contributed by atoms with Crippen molar-refractivity contribution in [1.29, 1.82) is 0 Å². The van der Waals surface area contributed by atoms with Crippen LogP contribution in [0.5, 0.6) is 0 Å². The molecule has 2 rings (SSSR count). The number of halogens is 1. The molecule has 2 aromatic carbocycles. The predicted molar refractivity (Wildman–Crippen MR) is 83.5 cm³/mol. The number of amides is 1. The van der Waals surface area contributed by atoms with E-state index in [1.807, 2.05) is 61.5 Å². The summed E-state index contributed by atoms with van der Waals surface area (Å²) in [6, 6.07) is 15.4. The first kappa shape index (κ1) is 14.4. The van der Waals surface area contributed by atoms with E-state index in [4.69, 9.17) is 11.6 Å². The second-order valence-electron chi connectivity index (χ2n) is 4.50. The number of hydrogen-bond donors (Lipinski definition) is 1. The lowest BCUT2D eigenvalue weighted by molar-refractivity contribution is -0.116. The van der Waals surface area contributed by atoms with Gasteiger partial charge in [0.25, 0.3) is 0 Å². The molecule has 1 N–H and O–H groups in total. The van der Waals surface area contributed by atoms with Gasteiger partial charge in [-0.3, -0.25) is 4.79 Å². The van der Waals surface area contributed by atoms with Crippen LogP contribution in [0.2, 0.25) is 5.02 Å². The van der Waals surface area contributed by atoms with Crippen molar-refractivity contribution in [3.63, 3.8) is 0 Å². The zero-order chi connectivity index (χ0) is 14.4. The number of carbonyl (C=O) groups excluding carboxylic acids is 1. The maximum atomic E-state index is 11.8. The van der Waals surface area contributed by atoms with Gasteiger partial charge in [-0.25, -0.2) is 0 Å². The van der Waals surface area contributed by atoms with Crippen LogP contribution in [0.1, 0.15) is 16.7 Å². The summed E-state index contributed by atoms with van der Waals surface area (Å²) in [5.74, 6) is -0.131. The van der Waals surface area contributed by atoms with Crippen LogP contribution in [0, 0.1) is 6.92 Å². The molecule has 0 radical (unpaired) electrons. The Labute approximate surface area is 124 Å². The summed E-state index contributed by atoms with van der Waals surface area (Å²) in [4.78, 5) is 11.8. The SMILES string of the molecule is Cc1ccccc1/C=C/C(=O)NCc1ccccc1Cl. The Hall–Kier alpha value is -2.06. The van der Waals surface area contributed by atoms with Crippen molar-refractivity contribution in [3.05, 3.63) is 76.3 Å². The minimum absolute atomic E-state index is 0.131. The largest absolute Gasteiger partial charge is 0.348 e. The van der Waals surface area contributed by atoms with Crippen LogP contribution < -0.4 is 5.32 Å². The standard InChI is InChI=1S/C17H16ClNO/c1-13-6-2-3-7-14(13)10-11-17(20)19-12-15-8-4-5-9-16(15)18/h2-11H,12H2,1H3,(H,19,20)/b11-10+. The smallest absolute Gasteiger partial charge is 0.244 e. The lowest BCUT2D eigenvalue weighted by Gasteiger charge is -2.04. The van der Waals surface area contributed by atoms with E-state index in [9.17, 15) is 4.79 Å². The van der Waals surface area contributed by atoms with Crippen LogP contribution >= 0.6 is 11.6 Å². The maximum absolute atomic E-state index is 11.8. The molecule has 0 aliphatic heterocycles. The Morgan fingerprint density at radius 1 is 1.15 bits per heavy atom. The molecule has 2 aromatic rings. The van der Waals surface area contributed by atoms with Gasteiger partial charge in [0, 0.05) is 17.6 Å². The maximum Gasteiger partial charge on any atom is 0.244 e. The number of nitrogens with one attached hydrogen (secondary N) is 1. The predicted octanol–water partition coefficient (Wildman–Crippen LogP) is 3.98. The highest BCUT2D eigenvalue weighted by Crippen LogP contribution is 2.14. The molecule has 0 atom stereocenters. The third kappa shape index (κ3) is 3.97. The summed E-state index contributed by atoms with van der Waals surface area (Å²) in [6.45, 7) is 2.44. The molecule has 2 nitrogen and oxygen atoms in total. The Morgan fingerprint density at radius 3 is 2.60 bits per heavy atom. The first-order valence-corrected chi connectivity index (χ1v) is 6.79. The average Bonchev–Trinajstić information content (AvgIpc) is 2.45. The van der Waals surface area contributed by atoms with Crippen LogP contribution in [-0.4, -0.2) is 5.91 Å². The minimum Gasteiger partial charge on any atom is -0.348 e. The van der Waals surface area contributed by atoms with E-state index in [0.29, 0.717) is 11.6 Å². The van der Waals surface area contributed by atoms with Crippen molar-refractivity contribution < 1.29 is 4.79 Å². The van der Waals surface area contributed by atoms with Gasteiger partial charge in [0.05, 0.1) is 0 Å². The molecule has 20 heavy (non-hydrogen) atoms. The molecule has 3 heteroatoms. The molecule has 0 saturated carbocycles. The summed E-state index contributed by atoms with van der Waals surface area (Å²) in [5, 5.41) is 3.48. The van der Waals surface area contributed by atoms with Gasteiger partial charge in [-0.1, -0.05) is 54.1 Å². The van der Waals surface area contributed by atoms with Crippen molar-refractivity contribution in [2.75, 3.05) is 0 Å². The van der Waals surface area contributed by atoms with Gasteiger partial charge in [-0.15, -0.1) is 0 Å². The summed E-state index contributed by atoms with van der Waals surface area (Å²) in [5.41, 5.74) is 3.09.